The maximum atomic E-state index is 6.26. The number of anilines is 1. The van der Waals surface area contributed by atoms with Crippen LogP contribution in [-0.2, 0) is 0 Å². The second-order valence-corrected chi connectivity index (χ2v) is 15.6. The van der Waals surface area contributed by atoms with Crippen molar-refractivity contribution in [1.82, 2.24) is 9.55 Å². The number of allylic oxidation sites excluding steroid dienone is 8. The average Bonchev–Trinajstić information content (AvgIpc) is 3.95. The van der Waals surface area contributed by atoms with Crippen molar-refractivity contribution in [2.24, 2.45) is 0 Å². The van der Waals surface area contributed by atoms with E-state index in [4.69, 9.17) is 9.40 Å². The van der Waals surface area contributed by atoms with Crippen LogP contribution in [0.15, 0.2) is 186 Å². The van der Waals surface area contributed by atoms with Crippen molar-refractivity contribution in [1.29, 1.82) is 0 Å². The summed E-state index contributed by atoms with van der Waals surface area (Å²) in [4.78, 5) is 7.68. The molecule has 0 radical (unpaired) electrons. The fourth-order valence-corrected chi connectivity index (χ4v) is 9.82. The Labute approximate surface area is 356 Å². The van der Waals surface area contributed by atoms with Gasteiger partial charge in [0.1, 0.15) is 16.2 Å². The lowest BCUT2D eigenvalue weighted by atomic mass is 9.93. The summed E-state index contributed by atoms with van der Waals surface area (Å²) in [6, 6.07) is 45.6. The highest BCUT2D eigenvalue weighted by molar-refractivity contribution is 7.22. The van der Waals surface area contributed by atoms with Gasteiger partial charge in [0.25, 0.3) is 0 Å². The van der Waals surface area contributed by atoms with Crippen LogP contribution in [0.3, 0.4) is 0 Å². The van der Waals surface area contributed by atoms with Gasteiger partial charge in [-0.1, -0.05) is 168 Å². The van der Waals surface area contributed by atoms with E-state index in [9.17, 15) is 0 Å². The normalized spacial score (nSPS) is 16.5. The zero-order chi connectivity index (χ0) is 41.2. The number of furan rings is 1. The molecule has 0 fully saturated rings. The molecule has 4 nitrogen and oxygen atoms in total. The first kappa shape index (κ1) is 38.8. The van der Waals surface area contributed by atoms with Crippen LogP contribution in [0.25, 0.3) is 75.8 Å². The van der Waals surface area contributed by atoms with Crippen LogP contribution in [-0.4, -0.2) is 16.1 Å². The third kappa shape index (κ3) is 6.79. The van der Waals surface area contributed by atoms with Gasteiger partial charge in [0, 0.05) is 56.5 Å². The molecule has 60 heavy (non-hydrogen) atoms. The fourth-order valence-electron chi connectivity index (χ4n) is 8.69. The molecular formula is C55H49N3OS. The van der Waals surface area contributed by atoms with Crippen molar-refractivity contribution >= 4 is 76.6 Å². The predicted octanol–water partition coefficient (Wildman–Crippen LogP) is 16.0. The first-order chi connectivity index (χ1) is 29.7. The quantitative estimate of drug-likeness (QED) is 0.178. The van der Waals surface area contributed by atoms with Crippen LogP contribution >= 0.6 is 11.3 Å². The third-order valence-corrected chi connectivity index (χ3v) is 12.4. The van der Waals surface area contributed by atoms with E-state index >= 15 is 0 Å². The van der Waals surface area contributed by atoms with Crippen LogP contribution in [0.4, 0.5) is 5.69 Å². The SMILES string of the molecule is CC.CC.CC1/C=C(c2cccc3c4ccccc4n(-c4ccc5oc6ccccc6c5c4)c23)\C=C/CN(C2=CCC=CC=C2)c2c1ccc1nc(-c3ccccc3)sc21. The van der Waals surface area contributed by atoms with Crippen molar-refractivity contribution in [2.45, 2.75) is 47.0 Å². The Bertz CT molecular complexity index is 3170. The average molecular weight is 800 g/mol. The molecule has 2 aliphatic rings. The highest BCUT2D eigenvalue weighted by atomic mass is 32.1. The number of thiazole rings is 1. The zero-order valence-electron chi connectivity index (χ0n) is 34.9. The van der Waals surface area contributed by atoms with Crippen LogP contribution in [0.5, 0.6) is 0 Å². The predicted molar refractivity (Wildman–Crippen MR) is 260 cm³/mol. The molecule has 0 saturated heterocycles. The zero-order valence-corrected chi connectivity index (χ0v) is 35.7. The van der Waals surface area contributed by atoms with Gasteiger partial charge < -0.3 is 13.9 Å². The third-order valence-electron chi connectivity index (χ3n) is 11.3. The molecule has 4 heterocycles. The van der Waals surface area contributed by atoms with Crippen LogP contribution in [0.1, 0.15) is 58.1 Å². The molecule has 11 rings (SSSR count). The summed E-state index contributed by atoms with van der Waals surface area (Å²) in [5, 5.41) is 5.77. The molecule has 0 saturated carbocycles. The van der Waals surface area contributed by atoms with E-state index in [2.05, 4.69) is 180 Å². The van der Waals surface area contributed by atoms with Crippen molar-refractivity contribution in [3.63, 3.8) is 0 Å². The maximum absolute atomic E-state index is 6.26. The number of rotatable bonds is 4. The molecule has 9 aromatic rings. The molecule has 0 spiro atoms. The first-order valence-corrected chi connectivity index (χ1v) is 22.1. The number of aromatic nitrogens is 2. The molecule has 1 aliphatic heterocycles. The fraction of sp³-hybridized carbons (Fsp3) is 0.145. The van der Waals surface area contributed by atoms with Gasteiger partial charge >= 0.3 is 0 Å². The molecule has 1 unspecified atom stereocenters. The smallest absolute Gasteiger partial charge is 0.135 e. The van der Waals surface area contributed by atoms with E-state index in [-0.39, 0.29) is 5.92 Å². The summed E-state index contributed by atoms with van der Waals surface area (Å²) in [5.74, 6) is 0.104. The Morgan fingerprint density at radius 3 is 2.32 bits per heavy atom. The van der Waals surface area contributed by atoms with E-state index in [1.54, 1.807) is 11.3 Å². The summed E-state index contributed by atoms with van der Waals surface area (Å²) >= 11 is 1.79. The molecule has 1 atom stereocenters. The minimum atomic E-state index is 0.104. The molecular weight excluding hydrogens is 751 g/mol. The molecule has 0 N–H and O–H groups in total. The molecule has 1 aliphatic carbocycles. The lowest BCUT2D eigenvalue weighted by Crippen LogP contribution is -2.23. The summed E-state index contributed by atoms with van der Waals surface area (Å²) < 4.78 is 9.93. The van der Waals surface area contributed by atoms with Crippen LogP contribution in [0.2, 0.25) is 0 Å². The minimum Gasteiger partial charge on any atom is -0.456 e. The number of nitrogens with zero attached hydrogens (tertiary/aromatic N) is 3. The highest BCUT2D eigenvalue weighted by Gasteiger charge is 2.25. The Kier molecular flexibility index (Phi) is 10.9. The van der Waals surface area contributed by atoms with Crippen molar-refractivity contribution < 1.29 is 4.42 Å². The monoisotopic (exact) mass is 799 g/mol. The molecule has 0 bridgehead atoms. The summed E-state index contributed by atoms with van der Waals surface area (Å²) in [6.07, 6.45) is 19.1. The van der Waals surface area contributed by atoms with E-state index in [1.807, 2.05) is 39.8 Å². The van der Waals surface area contributed by atoms with Gasteiger partial charge in [0.2, 0.25) is 0 Å². The standard InChI is InChI=1S/C51H37N3OS.2C2H6/c1-33-31-35(17-14-30-53(36-18-7-2-3-8-19-36)49-38(33)27-28-44-50(49)56-51(52-44)34-15-5-4-6-16-34)39-22-13-23-42-40-20-9-11-24-45(40)54(48(39)42)37-26-29-47-43(32-37)41-21-10-12-25-46(41)55-47;2*1-2/h2-7,9-29,31-33H,8,30H2,1H3;2*1-2H3/b17-14-,35-31+;;. The molecule has 5 heteroatoms. The Balaban J connectivity index is 0.00000112. The number of fused-ring (bicyclic) bond motifs is 9. The molecule has 0 amide bonds. The molecule has 3 aromatic heterocycles. The van der Waals surface area contributed by atoms with Gasteiger partial charge in [-0.25, -0.2) is 4.98 Å². The highest BCUT2D eigenvalue weighted by Crippen LogP contribution is 2.45. The number of benzene rings is 6. The van der Waals surface area contributed by atoms with E-state index in [0.717, 1.165) is 50.1 Å². The lowest BCUT2D eigenvalue weighted by Gasteiger charge is -2.28. The van der Waals surface area contributed by atoms with Crippen molar-refractivity contribution in [3.05, 3.63) is 193 Å². The van der Waals surface area contributed by atoms with Gasteiger partial charge in [0.15, 0.2) is 0 Å². The summed E-state index contributed by atoms with van der Waals surface area (Å²) in [7, 11) is 0. The first-order valence-electron chi connectivity index (χ1n) is 21.3. The number of para-hydroxylation sites is 3. The summed E-state index contributed by atoms with van der Waals surface area (Å²) in [6.45, 7) is 11.1. The Morgan fingerprint density at radius 2 is 1.45 bits per heavy atom. The van der Waals surface area contributed by atoms with Gasteiger partial charge in [-0.2, -0.15) is 0 Å². The van der Waals surface area contributed by atoms with E-state index in [0.29, 0.717) is 6.54 Å². The lowest BCUT2D eigenvalue weighted by molar-refractivity contribution is 0.669. The Hall–Kier alpha value is -6.69. The minimum absolute atomic E-state index is 0.104. The second-order valence-electron chi connectivity index (χ2n) is 14.6. The van der Waals surface area contributed by atoms with Crippen LogP contribution < -0.4 is 4.90 Å². The Morgan fingerprint density at radius 1 is 0.683 bits per heavy atom. The van der Waals surface area contributed by atoms with Gasteiger partial charge in [-0.15, -0.1) is 11.3 Å². The van der Waals surface area contributed by atoms with Crippen molar-refractivity contribution in [2.75, 3.05) is 11.4 Å². The second kappa shape index (κ2) is 16.9. The van der Waals surface area contributed by atoms with Crippen LogP contribution in [0, 0.1) is 0 Å². The van der Waals surface area contributed by atoms with E-state index < -0.39 is 0 Å². The molecule has 6 aromatic carbocycles. The molecule has 296 valence electrons. The number of hydrogen-bond acceptors (Lipinski definition) is 4. The summed E-state index contributed by atoms with van der Waals surface area (Å²) in [5.41, 5.74) is 13.6. The maximum Gasteiger partial charge on any atom is 0.135 e. The van der Waals surface area contributed by atoms with Crippen molar-refractivity contribution in [3.8, 4) is 16.3 Å². The topological polar surface area (TPSA) is 34.2 Å². The largest absolute Gasteiger partial charge is 0.456 e. The number of hydrogen-bond donors (Lipinski definition) is 0. The van der Waals surface area contributed by atoms with Gasteiger partial charge in [-0.05, 0) is 60.0 Å². The van der Waals surface area contributed by atoms with Gasteiger partial charge in [0.05, 0.1) is 26.9 Å². The van der Waals surface area contributed by atoms with Gasteiger partial charge in [-0.3, -0.25) is 0 Å². The van der Waals surface area contributed by atoms with E-state index in [1.165, 1.54) is 54.6 Å².